The summed E-state index contributed by atoms with van der Waals surface area (Å²) in [4.78, 5) is 12.0. The Bertz CT molecular complexity index is 637. The predicted molar refractivity (Wildman–Crippen MR) is 106 cm³/mol. The van der Waals surface area contributed by atoms with Crippen LogP contribution in [0.3, 0.4) is 0 Å². The summed E-state index contributed by atoms with van der Waals surface area (Å²) < 4.78 is 17.0. The number of carbonyl (C=O) groups is 1. The third kappa shape index (κ3) is 5.14. The molecule has 132 valence electrons. The van der Waals surface area contributed by atoms with Crippen molar-refractivity contribution in [2.75, 3.05) is 11.9 Å². The van der Waals surface area contributed by atoms with Crippen molar-refractivity contribution in [3.05, 3.63) is 21.7 Å². The summed E-state index contributed by atoms with van der Waals surface area (Å²) in [6.45, 7) is 8.26. The van der Waals surface area contributed by atoms with E-state index in [9.17, 15) is 4.79 Å². The number of ether oxygens (including phenoxy) is 1. The molecule has 0 fully saturated rings. The number of amides is 1. The first-order chi connectivity index (χ1) is 11.1. The fourth-order valence-electron chi connectivity index (χ4n) is 2.18. The summed E-state index contributed by atoms with van der Waals surface area (Å²) in [6.07, 6.45) is -0.622. The Labute approximate surface area is 166 Å². The summed E-state index contributed by atoms with van der Waals surface area (Å²) in [6, 6.07) is 1.73. The molecule has 1 atom stereocenters. The third-order valence-corrected chi connectivity index (χ3v) is 4.12. The Hall–Kier alpha value is -0.215. The number of carbonyl (C=O) groups excluding carboxylic acids is 1. The van der Waals surface area contributed by atoms with Gasteiger partial charge in [-0.05, 0) is 32.4 Å². The summed E-state index contributed by atoms with van der Waals surface area (Å²) in [5, 5.41) is 3.25. The first kappa shape index (κ1) is 20.1. The van der Waals surface area contributed by atoms with E-state index in [1.54, 1.807) is 26.8 Å². The number of hydrogen-bond donors (Lipinski definition) is 1. The Morgan fingerprint density at radius 3 is 2.75 bits per heavy atom. The highest BCUT2D eigenvalue weighted by molar-refractivity contribution is 14.1. The van der Waals surface area contributed by atoms with E-state index in [0.717, 1.165) is 5.56 Å². The van der Waals surface area contributed by atoms with Crippen molar-refractivity contribution in [2.45, 2.75) is 43.8 Å². The smallest absolute Gasteiger partial charge is 0.444 e. The Morgan fingerprint density at radius 1 is 1.50 bits per heavy atom. The Balaban J connectivity index is 2.25. The van der Waals surface area contributed by atoms with Gasteiger partial charge in [0.2, 0.25) is 0 Å². The van der Waals surface area contributed by atoms with Crippen molar-refractivity contribution >= 4 is 70.2 Å². The first-order valence-electron chi connectivity index (χ1n) is 7.46. The highest BCUT2D eigenvalue weighted by atomic mass is 127. The lowest BCUT2D eigenvalue weighted by Crippen LogP contribution is -2.35. The van der Waals surface area contributed by atoms with Gasteiger partial charge < -0.3 is 14.0 Å². The van der Waals surface area contributed by atoms with Crippen LogP contribution in [0.1, 0.15) is 33.3 Å². The highest BCUT2D eigenvalue weighted by Crippen LogP contribution is 2.34. The Morgan fingerprint density at radius 2 is 2.17 bits per heavy atom. The van der Waals surface area contributed by atoms with Gasteiger partial charge in [0, 0.05) is 16.0 Å². The average Bonchev–Trinajstić information content (AvgIpc) is 2.82. The summed E-state index contributed by atoms with van der Waals surface area (Å²) in [5.41, 5.74) is 1.23. The molecule has 0 saturated heterocycles. The fraction of sp³-hybridized carbons (Fsp3) is 0.533. The van der Waals surface area contributed by atoms with Gasteiger partial charge in [0.05, 0.1) is 22.3 Å². The zero-order chi connectivity index (χ0) is 18.1. The van der Waals surface area contributed by atoms with E-state index >= 15 is 0 Å². The van der Waals surface area contributed by atoms with Crippen molar-refractivity contribution in [3.8, 4) is 0 Å². The topological polar surface area (TPSA) is 56.8 Å². The van der Waals surface area contributed by atoms with Crippen molar-refractivity contribution < 1.29 is 18.8 Å². The van der Waals surface area contributed by atoms with Crippen LogP contribution in [0.4, 0.5) is 10.5 Å². The molecular formula is C15H19BCl2INO4. The van der Waals surface area contributed by atoms with Crippen LogP contribution < -0.4 is 10.8 Å². The van der Waals surface area contributed by atoms with E-state index in [-0.39, 0.29) is 0 Å². The van der Waals surface area contributed by atoms with Crippen LogP contribution in [0, 0.1) is 0 Å². The highest BCUT2D eigenvalue weighted by Gasteiger charge is 2.36. The molecule has 5 nitrogen and oxygen atoms in total. The summed E-state index contributed by atoms with van der Waals surface area (Å²) >= 11 is 15.0. The van der Waals surface area contributed by atoms with E-state index in [1.807, 2.05) is 6.92 Å². The van der Waals surface area contributed by atoms with E-state index < -0.39 is 18.8 Å². The van der Waals surface area contributed by atoms with E-state index in [0.29, 0.717) is 38.3 Å². The minimum Gasteiger partial charge on any atom is -0.444 e. The molecule has 1 aromatic carbocycles. The van der Waals surface area contributed by atoms with Gasteiger partial charge in [-0.25, -0.2) is 4.79 Å². The van der Waals surface area contributed by atoms with Gasteiger partial charge in [0.25, 0.3) is 0 Å². The van der Waals surface area contributed by atoms with Gasteiger partial charge in [-0.1, -0.05) is 52.7 Å². The molecule has 0 aliphatic carbocycles. The third-order valence-electron chi connectivity index (χ3n) is 3.07. The maximum Gasteiger partial charge on any atom is 0.496 e. The molecule has 24 heavy (non-hydrogen) atoms. The van der Waals surface area contributed by atoms with Crippen molar-refractivity contribution in [2.24, 2.45) is 0 Å². The molecule has 9 heteroatoms. The molecule has 2 rings (SSSR count). The van der Waals surface area contributed by atoms with Gasteiger partial charge in [-0.2, -0.15) is 0 Å². The Kier molecular flexibility index (Phi) is 6.69. The van der Waals surface area contributed by atoms with Crippen LogP contribution in [0.2, 0.25) is 10.0 Å². The van der Waals surface area contributed by atoms with Crippen LogP contribution >= 0.6 is 45.8 Å². The van der Waals surface area contributed by atoms with Gasteiger partial charge in [0.1, 0.15) is 5.60 Å². The maximum absolute atomic E-state index is 12.0. The monoisotopic (exact) mass is 485 g/mol. The second-order valence-electron chi connectivity index (χ2n) is 6.50. The summed E-state index contributed by atoms with van der Waals surface area (Å²) in [7, 11) is -0.568. The molecule has 1 aromatic rings. The van der Waals surface area contributed by atoms with Crippen LogP contribution in [-0.2, 0) is 20.7 Å². The minimum absolute atomic E-state index is 0.299. The molecule has 0 aromatic heterocycles. The van der Waals surface area contributed by atoms with Crippen LogP contribution in [-0.4, -0.2) is 29.3 Å². The van der Waals surface area contributed by atoms with Gasteiger partial charge in [0.15, 0.2) is 0 Å². The van der Waals surface area contributed by atoms with E-state index in [4.69, 9.17) is 37.2 Å². The number of nitrogens with one attached hydrogen (secondary N) is 1. The molecule has 0 bridgehead atoms. The van der Waals surface area contributed by atoms with E-state index in [1.165, 1.54) is 0 Å². The standard InChI is InChI=1S/C15H19BCl2INO4/c1-8(19)6-22-16-11-9(7-23-16)5-10(17)13(12(11)18)20-14(21)24-15(2,3)4/h5,8H,6-7H2,1-4H3,(H,20,21). The molecule has 0 radical (unpaired) electrons. The number of benzene rings is 1. The van der Waals surface area contributed by atoms with E-state index in [2.05, 4.69) is 27.9 Å². The minimum atomic E-state index is -0.622. The van der Waals surface area contributed by atoms with Crippen LogP contribution in [0.15, 0.2) is 6.07 Å². The average molecular weight is 486 g/mol. The lowest BCUT2D eigenvalue weighted by atomic mass is 9.78. The van der Waals surface area contributed by atoms with Gasteiger partial charge in [-0.3, -0.25) is 5.32 Å². The molecule has 1 amide bonds. The SMILES string of the molecule is CC(I)COB1OCc2cc(Cl)c(NC(=O)OC(C)(C)C)c(Cl)c21. The number of halogens is 3. The lowest BCUT2D eigenvalue weighted by molar-refractivity contribution is 0.0636. The van der Waals surface area contributed by atoms with Crippen molar-refractivity contribution in [1.29, 1.82) is 0 Å². The molecule has 1 unspecified atom stereocenters. The molecule has 1 heterocycles. The van der Waals surface area contributed by atoms with Crippen LogP contribution in [0.5, 0.6) is 0 Å². The molecule has 0 saturated carbocycles. The number of fused-ring (bicyclic) bond motifs is 1. The summed E-state index contributed by atoms with van der Waals surface area (Å²) in [5.74, 6) is 0. The lowest BCUT2D eigenvalue weighted by Gasteiger charge is -2.21. The fourth-order valence-corrected chi connectivity index (χ4v) is 3.07. The largest absolute Gasteiger partial charge is 0.496 e. The molecular weight excluding hydrogens is 467 g/mol. The molecule has 1 aliphatic rings. The number of alkyl halides is 1. The normalized spacial score (nSPS) is 15.2. The predicted octanol–water partition coefficient (Wildman–Crippen LogP) is 4.41. The second kappa shape index (κ2) is 7.99. The second-order valence-corrected chi connectivity index (χ2v) is 9.42. The number of hydrogen-bond acceptors (Lipinski definition) is 4. The number of rotatable bonds is 4. The van der Waals surface area contributed by atoms with Crippen LogP contribution in [0.25, 0.3) is 0 Å². The quantitative estimate of drug-likeness (QED) is 0.390. The first-order valence-corrected chi connectivity index (χ1v) is 9.46. The number of anilines is 1. The van der Waals surface area contributed by atoms with Crippen molar-refractivity contribution in [3.63, 3.8) is 0 Å². The molecule has 0 spiro atoms. The zero-order valence-electron chi connectivity index (χ0n) is 13.9. The zero-order valence-corrected chi connectivity index (χ0v) is 17.6. The molecule has 1 aliphatic heterocycles. The van der Waals surface area contributed by atoms with Gasteiger partial charge in [-0.15, -0.1) is 0 Å². The van der Waals surface area contributed by atoms with Crippen molar-refractivity contribution in [1.82, 2.24) is 0 Å². The maximum atomic E-state index is 12.0. The van der Waals surface area contributed by atoms with Gasteiger partial charge >= 0.3 is 13.2 Å². The molecule has 1 N–H and O–H groups in total.